The summed E-state index contributed by atoms with van der Waals surface area (Å²) < 4.78 is 0. The lowest BCUT2D eigenvalue weighted by molar-refractivity contribution is -0.142. The number of hydrazine groups is 1. The fraction of sp³-hybridized carbons (Fsp3) is 0.333. The van der Waals surface area contributed by atoms with Gasteiger partial charge in [-0.25, -0.2) is 10.2 Å². The van der Waals surface area contributed by atoms with Gasteiger partial charge in [-0.3, -0.25) is 10.2 Å². The van der Waals surface area contributed by atoms with Crippen LogP contribution in [0.25, 0.3) is 0 Å². The van der Waals surface area contributed by atoms with Crippen LogP contribution in [0.3, 0.4) is 0 Å². The van der Waals surface area contributed by atoms with Crippen molar-refractivity contribution in [2.45, 2.75) is 38.3 Å². The third-order valence-corrected chi connectivity index (χ3v) is 4.15. The first-order valence-electron chi connectivity index (χ1n) is 9.19. The predicted octanol–water partition coefficient (Wildman–Crippen LogP) is 1.91. The Morgan fingerprint density at radius 3 is 1.89 bits per heavy atom. The minimum absolute atomic E-state index is 0.238. The summed E-state index contributed by atoms with van der Waals surface area (Å²) in [7, 11) is 0. The van der Waals surface area contributed by atoms with Gasteiger partial charge in [0.1, 0.15) is 12.1 Å². The van der Waals surface area contributed by atoms with Crippen molar-refractivity contribution >= 4 is 11.9 Å². The number of aliphatic carboxylic acids is 1. The van der Waals surface area contributed by atoms with E-state index in [2.05, 4.69) is 16.2 Å². The van der Waals surface area contributed by atoms with Crippen LogP contribution in [-0.2, 0) is 22.4 Å². The van der Waals surface area contributed by atoms with Gasteiger partial charge in [-0.05, 0) is 24.0 Å². The normalized spacial score (nSPS) is 12.9. The Hall–Kier alpha value is -2.70. The molecular formula is C21H27N3O3. The van der Waals surface area contributed by atoms with Crippen molar-refractivity contribution in [2.75, 3.05) is 6.54 Å². The van der Waals surface area contributed by atoms with E-state index in [9.17, 15) is 14.7 Å². The molecule has 4 N–H and O–H groups in total. The van der Waals surface area contributed by atoms with Crippen LogP contribution in [0.5, 0.6) is 0 Å². The summed E-state index contributed by atoms with van der Waals surface area (Å²) >= 11 is 0. The Morgan fingerprint density at radius 2 is 1.41 bits per heavy atom. The number of carboxylic acids is 1. The molecule has 2 aromatic carbocycles. The van der Waals surface area contributed by atoms with Gasteiger partial charge in [-0.15, -0.1) is 0 Å². The predicted molar refractivity (Wildman–Crippen MR) is 105 cm³/mol. The lowest BCUT2D eigenvalue weighted by atomic mass is 10.0. The summed E-state index contributed by atoms with van der Waals surface area (Å²) in [5.74, 6) is -1.39. The number of benzene rings is 2. The Labute approximate surface area is 160 Å². The summed E-state index contributed by atoms with van der Waals surface area (Å²) in [4.78, 5) is 24.4. The molecule has 0 aromatic heterocycles. The Balaban J connectivity index is 2.05. The third kappa shape index (κ3) is 7.21. The highest BCUT2D eigenvalue weighted by Crippen LogP contribution is 2.06. The lowest BCUT2D eigenvalue weighted by Crippen LogP contribution is -2.55. The Morgan fingerprint density at radius 1 is 0.889 bits per heavy atom. The van der Waals surface area contributed by atoms with Gasteiger partial charge in [-0.2, -0.15) is 0 Å². The molecule has 6 heteroatoms. The van der Waals surface area contributed by atoms with E-state index >= 15 is 0 Å². The van der Waals surface area contributed by atoms with Crippen LogP contribution in [0, 0.1) is 0 Å². The fourth-order valence-electron chi connectivity index (χ4n) is 2.70. The van der Waals surface area contributed by atoms with E-state index in [4.69, 9.17) is 0 Å². The molecule has 0 fully saturated rings. The van der Waals surface area contributed by atoms with E-state index in [0.29, 0.717) is 13.0 Å². The second-order valence-electron chi connectivity index (χ2n) is 6.40. The lowest BCUT2D eigenvalue weighted by Gasteiger charge is -2.22. The number of amides is 1. The van der Waals surface area contributed by atoms with Gasteiger partial charge in [-0.1, -0.05) is 67.6 Å². The van der Waals surface area contributed by atoms with Gasteiger partial charge in [0.2, 0.25) is 5.91 Å². The van der Waals surface area contributed by atoms with Crippen molar-refractivity contribution in [2.24, 2.45) is 0 Å². The SMILES string of the molecule is CCCNNC(Cc1ccccc1)C(=O)NC(Cc1ccccc1)C(=O)O. The highest BCUT2D eigenvalue weighted by molar-refractivity contribution is 5.87. The molecule has 2 aromatic rings. The van der Waals surface area contributed by atoms with Crippen molar-refractivity contribution in [3.63, 3.8) is 0 Å². The first-order valence-corrected chi connectivity index (χ1v) is 9.19. The maximum Gasteiger partial charge on any atom is 0.326 e. The average molecular weight is 369 g/mol. The molecule has 2 atom stereocenters. The maximum atomic E-state index is 12.8. The summed E-state index contributed by atoms with van der Waals surface area (Å²) in [6.07, 6.45) is 1.61. The average Bonchev–Trinajstić information content (AvgIpc) is 2.68. The molecule has 0 aliphatic rings. The smallest absolute Gasteiger partial charge is 0.326 e. The van der Waals surface area contributed by atoms with Gasteiger partial charge >= 0.3 is 5.97 Å². The summed E-state index contributed by atoms with van der Waals surface area (Å²) in [6, 6.07) is 17.4. The highest BCUT2D eigenvalue weighted by atomic mass is 16.4. The van der Waals surface area contributed by atoms with Crippen molar-refractivity contribution in [3.05, 3.63) is 71.8 Å². The second kappa shape index (κ2) is 11.1. The molecule has 6 nitrogen and oxygen atoms in total. The molecule has 27 heavy (non-hydrogen) atoms. The molecule has 0 heterocycles. The van der Waals surface area contributed by atoms with E-state index in [-0.39, 0.29) is 12.3 Å². The van der Waals surface area contributed by atoms with E-state index in [0.717, 1.165) is 17.5 Å². The largest absolute Gasteiger partial charge is 0.480 e. The number of carbonyl (C=O) groups is 2. The molecule has 2 rings (SSSR count). The van der Waals surface area contributed by atoms with Crippen molar-refractivity contribution in [3.8, 4) is 0 Å². The molecule has 0 saturated heterocycles. The minimum atomic E-state index is -1.05. The van der Waals surface area contributed by atoms with E-state index in [1.54, 1.807) is 0 Å². The fourth-order valence-corrected chi connectivity index (χ4v) is 2.70. The van der Waals surface area contributed by atoms with Crippen LogP contribution in [0.1, 0.15) is 24.5 Å². The zero-order chi connectivity index (χ0) is 19.5. The van der Waals surface area contributed by atoms with Crippen LogP contribution >= 0.6 is 0 Å². The number of nitrogens with one attached hydrogen (secondary N) is 3. The molecule has 2 unspecified atom stereocenters. The van der Waals surface area contributed by atoms with Gasteiger partial charge < -0.3 is 10.4 Å². The summed E-state index contributed by atoms with van der Waals surface area (Å²) in [5, 5.41) is 12.2. The molecule has 144 valence electrons. The van der Waals surface area contributed by atoms with Crippen LogP contribution in [0.2, 0.25) is 0 Å². The quantitative estimate of drug-likeness (QED) is 0.359. The maximum absolute atomic E-state index is 12.8. The van der Waals surface area contributed by atoms with Gasteiger partial charge in [0.05, 0.1) is 0 Å². The molecule has 0 saturated carbocycles. The molecule has 0 aliphatic heterocycles. The number of carboxylic acid groups (broad SMARTS) is 1. The second-order valence-corrected chi connectivity index (χ2v) is 6.40. The molecule has 0 radical (unpaired) electrons. The first-order chi connectivity index (χ1) is 13.1. The highest BCUT2D eigenvalue weighted by Gasteiger charge is 2.25. The van der Waals surface area contributed by atoms with Crippen molar-refractivity contribution in [1.82, 2.24) is 16.2 Å². The van der Waals surface area contributed by atoms with Gasteiger partial charge in [0, 0.05) is 13.0 Å². The zero-order valence-corrected chi connectivity index (χ0v) is 15.5. The summed E-state index contributed by atoms with van der Waals surface area (Å²) in [5.41, 5.74) is 7.91. The molecular weight excluding hydrogens is 342 g/mol. The van der Waals surface area contributed by atoms with Crippen molar-refractivity contribution < 1.29 is 14.7 Å². The van der Waals surface area contributed by atoms with Crippen LogP contribution in [0.15, 0.2) is 60.7 Å². The van der Waals surface area contributed by atoms with Gasteiger partial charge in [0.25, 0.3) is 0 Å². The number of rotatable bonds is 11. The monoisotopic (exact) mass is 369 g/mol. The van der Waals surface area contributed by atoms with Gasteiger partial charge in [0.15, 0.2) is 0 Å². The van der Waals surface area contributed by atoms with E-state index in [1.165, 1.54) is 0 Å². The summed E-state index contributed by atoms with van der Waals surface area (Å²) in [6.45, 7) is 2.74. The number of hydrogen-bond acceptors (Lipinski definition) is 4. The first kappa shape index (κ1) is 20.6. The molecule has 0 bridgehead atoms. The topological polar surface area (TPSA) is 90.5 Å². The Kier molecular flexibility index (Phi) is 8.48. The Bertz CT molecular complexity index is 707. The van der Waals surface area contributed by atoms with Crippen LogP contribution in [-0.4, -0.2) is 35.6 Å². The van der Waals surface area contributed by atoms with E-state index in [1.807, 2.05) is 67.6 Å². The minimum Gasteiger partial charge on any atom is -0.480 e. The number of carbonyl (C=O) groups excluding carboxylic acids is 1. The standard InChI is InChI=1S/C21H27N3O3/c1-2-13-22-24-18(14-16-9-5-3-6-10-16)20(25)23-19(21(26)27)15-17-11-7-4-8-12-17/h3-12,18-19,22,24H,2,13-15H2,1H3,(H,23,25)(H,26,27). The van der Waals surface area contributed by atoms with E-state index < -0.39 is 18.1 Å². The molecule has 1 amide bonds. The van der Waals surface area contributed by atoms with Crippen LogP contribution in [0.4, 0.5) is 0 Å². The van der Waals surface area contributed by atoms with Crippen LogP contribution < -0.4 is 16.2 Å². The number of hydrogen-bond donors (Lipinski definition) is 4. The zero-order valence-electron chi connectivity index (χ0n) is 15.5. The molecule has 0 spiro atoms. The van der Waals surface area contributed by atoms with Crippen molar-refractivity contribution in [1.29, 1.82) is 0 Å². The third-order valence-electron chi connectivity index (χ3n) is 4.15. The molecule has 0 aliphatic carbocycles.